The van der Waals surface area contributed by atoms with Crippen LogP contribution < -0.4 is 5.32 Å². The van der Waals surface area contributed by atoms with Gasteiger partial charge in [0, 0.05) is 18.5 Å². The lowest BCUT2D eigenvalue weighted by Crippen LogP contribution is -2.43. The molecule has 0 radical (unpaired) electrons. The normalized spacial score (nSPS) is 23.9. The van der Waals surface area contributed by atoms with E-state index in [1.807, 2.05) is 13.8 Å². The highest BCUT2D eigenvalue weighted by Gasteiger charge is 2.19. The van der Waals surface area contributed by atoms with E-state index in [2.05, 4.69) is 17.1 Å². The van der Waals surface area contributed by atoms with Gasteiger partial charge in [-0.25, -0.2) is 0 Å². The summed E-state index contributed by atoms with van der Waals surface area (Å²) < 4.78 is 0. The Labute approximate surface area is 93.2 Å². The number of amides is 1. The van der Waals surface area contributed by atoms with Crippen molar-refractivity contribution in [2.24, 2.45) is 5.92 Å². The maximum Gasteiger partial charge on any atom is 0.222 e. The van der Waals surface area contributed by atoms with Crippen LogP contribution in [0.25, 0.3) is 0 Å². The third-order valence-corrected chi connectivity index (χ3v) is 3.07. The summed E-state index contributed by atoms with van der Waals surface area (Å²) in [5.74, 6) is 0.293. The Morgan fingerprint density at radius 2 is 2.20 bits per heavy atom. The van der Waals surface area contributed by atoms with E-state index in [1.165, 1.54) is 19.4 Å². The second-order valence-electron chi connectivity index (χ2n) is 4.75. The van der Waals surface area contributed by atoms with E-state index >= 15 is 0 Å². The summed E-state index contributed by atoms with van der Waals surface area (Å²) in [6, 6.07) is 0.363. The van der Waals surface area contributed by atoms with Crippen LogP contribution in [0.3, 0.4) is 0 Å². The maximum atomic E-state index is 11.6. The molecule has 1 heterocycles. The Kier molecular flexibility index (Phi) is 5.09. The summed E-state index contributed by atoms with van der Waals surface area (Å²) in [6.07, 6.45) is 3.64. The van der Waals surface area contributed by atoms with E-state index in [-0.39, 0.29) is 11.8 Å². The van der Waals surface area contributed by atoms with Crippen molar-refractivity contribution in [3.05, 3.63) is 0 Å². The van der Waals surface area contributed by atoms with E-state index in [0.717, 1.165) is 19.5 Å². The number of nitrogens with zero attached hydrogens (tertiary/aromatic N) is 1. The highest BCUT2D eigenvalue weighted by Crippen LogP contribution is 2.10. The molecule has 1 unspecified atom stereocenters. The lowest BCUT2D eigenvalue weighted by molar-refractivity contribution is -0.124. The fourth-order valence-electron chi connectivity index (χ4n) is 1.99. The van der Waals surface area contributed by atoms with Gasteiger partial charge in [-0.1, -0.05) is 27.2 Å². The Balaban J connectivity index is 2.42. The molecule has 1 amide bonds. The van der Waals surface area contributed by atoms with Gasteiger partial charge < -0.3 is 10.2 Å². The first-order valence-electron chi connectivity index (χ1n) is 6.16. The summed E-state index contributed by atoms with van der Waals surface area (Å²) in [4.78, 5) is 14.0. The third kappa shape index (κ3) is 4.20. The fourth-order valence-corrected chi connectivity index (χ4v) is 1.99. The van der Waals surface area contributed by atoms with Gasteiger partial charge in [0.05, 0.1) is 0 Å². The van der Waals surface area contributed by atoms with Crippen LogP contribution in [0, 0.1) is 5.92 Å². The van der Waals surface area contributed by atoms with E-state index in [1.54, 1.807) is 0 Å². The second-order valence-corrected chi connectivity index (χ2v) is 4.75. The Hall–Kier alpha value is -0.570. The Bertz CT molecular complexity index is 204. The average Bonchev–Trinajstić information content (AvgIpc) is 2.42. The van der Waals surface area contributed by atoms with Gasteiger partial charge in [0.25, 0.3) is 0 Å². The lowest BCUT2D eigenvalue weighted by Gasteiger charge is -2.24. The van der Waals surface area contributed by atoms with E-state index in [0.29, 0.717) is 6.04 Å². The van der Waals surface area contributed by atoms with Crippen molar-refractivity contribution in [3.8, 4) is 0 Å². The van der Waals surface area contributed by atoms with Gasteiger partial charge in [-0.05, 0) is 25.9 Å². The van der Waals surface area contributed by atoms with Gasteiger partial charge in [0.2, 0.25) is 5.91 Å². The largest absolute Gasteiger partial charge is 0.352 e. The first-order chi connectivity index (χ1) is 7.13. The van der Waals surface area contributed by atoms with Crippen LogP contribution in [0.5, 0.6) is 0 Å². The molecule has 0 aromatic rings. The molecule has 0 aromatic heterocycles. The molecule has 3 nitrogen and oxygen atoms in total. The number of nitrogens with one attached hydrogen (secondary N) is 1. The fraction of sp³-hybridized carbons (Fsp3) is 0.917. The van der Waals surface area contributed by atoms with Crippen LogP contribution in [-0.4, -0.2) is 36.5 Å². The molecule has 0 bridgehead atoms. The van der Waals surface area contributed by atoms with Crippen molar-refractivity contribution in [1.29, 1.82) is 0 Å². The molecule has 0 spiro atoms. The topological polar surface area (TPSA) is 32.3 Å². The van der Waals surface area contributed by atoms with Crippen LogP contribution in [-0.2, 0) is 4.79 Å². The molecule has 1 N–H and O–H groups in total. The Morgan fingerprint density at radius 3 is 2.80 bits per heavy atom. The summed E-state index contributed by atoms with van der Waals surface area (Å²) >= 11 is 0. The zero-order valence-corrected chi connectivity index (χ0v) is 10.3. The van der Waals surface area contributed by atoms with Gasteiger partial charge in [-0.2, -0.15) is 0 Å². The van der Waals surface area contributed by atoms with Gasteiger partial charge in [0.15, 0.2) is 0 Å². The van der Waals surface area contributed by atoms with Crippen LogP contribution in [0.15, 0.2) is 0 Å². The van der Waals surface area contributed by atoms with Gasteiger partial charge in [-0.3, -0.25) is 4.79 Å². The molecule has 1 aliphatic heterocycles. The molecular weight excluding hydrogens is 188 g/mol. The molecule has 1 atom stereocenters. The number of carbonyl (C=O) groups excluding carboxylic acids is 1. The monoisotopic (exact) mass is 212 g/mol. The van der Waals surface area contributed by atoms with E-state index in [4.69, 9.17) is 0 Å². The van der Waals surface area contributed by atoms with Crippen LogP contribution in [0.1, 0.15) is 40.0 Å². The van der Waals surface area contributed by atoms with E-state index < -0.39 is 0 Å². The molecule has 0 aromatic carbocycles. The average molecular weight is 212 g/mol. The van der Waals surface area contributed by atoms with Crippen molar-refractivity contribution < 1.29 is 4.79 Å². The predicted octanol–water partition coefficient (Wildman–Crippen LogP) is 1.63. The minimum atomic E-state index is 0.100. The zero-order chi connectivity index (χ0) is 11.3. The van der Waals surface area contributed by atoms with Crippen molar-refractivity contribution in [2.45, 2.75) is 46.1 Å². The molecule has 1 fully saturated rings. The highest BCUT2D eigenvalue weighted by atomic mass is 16.1. The molecule has 0 saturated carbocycles. The van der Waals surface area contributed by atoms with Crippen LogP contribution in [0.2, 0.25) is 0 Å². The van der Waals surface area contributed by atoms with Crippen LogP contribution >= 0.6 is 0 Å². The van der Waals surface area contributed by atoms with Crippen molar-refractivity contribution in [1.82, 2.24) is 10.2 Å². The molecule has 0 aliphatic carbocycles. The highest BCUT2D eigenvalue weighted by molar-refractivity contribution is 5.78. The number of rotatable bonds is 3. The summed E-state index contributed by atoms with van der Waals surface area (Å²) in [5, 5.41) is 3.14. The smallest absolute Gasteiger partial charge is 0.222 e. The minimum Gasteiger partial charge on any atom is -0.352 e. The number of hydrogen-bond donors (Lipinski definition) is 1. The van der Waals surface area contributed by atoms with Crippen molar-refractivity contribution >= 4 is 5.91 Å². The maximum absolute atomic E-state index is 11.6. The summed E-state index contributed by atoms with van der Waals surface area (Å²) in [5.41, 5.74) is 0. The molecule has 15 heavy (non-hydrogen) atoms. The predicted molar refractivity (Wildman–Crippen MR) is 62.7 cm³/mol. The molecular formula is C12H24N2O. The lowest BCUT2D eigenvalue weighted by atomic mass is 10.1. The first kappa shape index (κ1) is 12.5. The molecule has 3 heteroatoms. The van der Waals surface area contributed by atoms with Crippen LogP contribution in [0.4, 0.5) is 0 Å². The summed E-state index contributed by atoms with van der Waals surface area (Å²) in [7, 11) is 0. The van der Waals surface area contributed by atoms with Crippen molar-refractivity contribution in [3.63, 3.8) is 0 Å². The summed E-state index contributed by atoms with van der Waals surface area (Å²) in [6.45, 7) is 9.38. The minimum absolute atomic E-state index is 0.100. The second kappa shape index (κ2) is 6.11. The van der Waals surface area contributed by atoms with Gasteiger partial charge in [-0.15, -0.1) is 0 Å². The van der Waals surface area contributed by atoms with Gasteiger partial charge in [0.1, 0.15) is 0 Å². The number of carbonyl (C=O) groups is 1. The molecule has 1 rings (SSSR count). The van der Waals surface area contributed by atoms with Gasteiger partial charge >= 0.3 is 0 Å². The molecule has 1 saturated heterocycles. The quantitative estimate of drug-likeness (QED) is 0.771. The zero-order valence-electron chi connectivity index (χ0n) is 10.3. The Morgan fingerprint density at radius 1 is 1.47 bits per heavy atom. The molecule has 88 valence electrons. The number of likely N-dealkylation sites (tertiary alicyclic amines) is 1. The van der Waals surface area contributed by atoms with Crippen molar-refractivity contribution in [2.75, 3.05) is 19.6 Å². The third-order valence-electron chi connectivity index (χ3n) is 3.07. The van der Waals surface area contributed by atoms with E-state index in [9.17, 15) is 4.79 Å². The first-order valence-corrected chi connectivity index (χ1v) is 6.16. The molecule has 1 aliphatic rings. The SMILES string of the molecule is CCN1CCCCC(NC(=O)C(C)C)C1. The standard InChI is InChI=1S/C12H24N2O/c1-4-14-8-6-5-7-11(9-14)13-12(15)10(2)3/h10-11H,4-9H2,1-3H3,(H,13,15). The number of hydrogen-bond acceptors (Lipinski definition) is 2. The number of likely N-dealkylation sites (N-methyl/N-ethyl adjacent to an activating group) is 1.